The molecular weight excluding hydrogens is 408 g/mol. The third-order valence-electron chi connectivity index (χ3n) is 5.43. The zero-order chi connectivity index (χ0) is 22.1. The third kappa shape index (κ3) is 4.19. The number of fused-ring (bicyclic) bond motifs is 1. The number of nitrogens with zero attached hydrogens (tertiary/aromatic N) is 2. The van der Waals surface area contributed by atoms with Gasteiger partial charge in [-0.3, -0.25) is 4.79 Å². The highest BCUT2D eigenvalue weighted by Crippen LogP contribution is 2.41. The van der Waals surface area contributed by atoms with Crippen LogP contribution in [0.3, 0.4) is 0 Å². The number of thiazole rings is 1. The number of hydrogen-bond acceptors (Lipinski definition) is 6. The van der Waals surface area contributed by atoms with Crippen LogP contribution < -0.4 is 4.74 Å². The molecule has 5 nitrogen and oxygen atoms in total. The maximum atomic E-state index is 11.4. The van der Waals surface area contributed by atoms with Crippen LogP contribution in [-0.2, 0) is 16.0 Å². The van der Waals surface area contributed by atoms with E-state index in [9.17, 15) is 10.1 Å². The van der Waals surface area contributed by atoms with Gasteiger partial charge in [0, 0.05) is 18.7 Å². The quantitative estimate of drug-likeness (QED) is 0.463. The number of carbonyl (C=O) groups excluding carboxylic acids is 1. The summed E-state index contributed by atoms with van der Waals surface area (Å²) < 4.78 is 11.2. The molecule has 4 rings (SSSR count). The molecule has 1 atom stereocenters. The molecule has 31 heavy (non-hydrogen) atoms. The third-order valence-corrected chi connectivity index (χ3v) is 6.51. The second-order valence-corrected chi connectivity index (χ2v) is 8.99. The summed E-state index contributed by atoms with van der Waals surface area (Å²) in [6, 6.07) is 12.0. The molecule has 0 saturated carbocycles. The van der Waals surface area contributed by atoms with E-state index in [0.29, 0.717) is 11.3 Å². The Labute approximate surface area is 186 Å². The fraction of sp³-hybridized carbons (Fsp3) is 0.320. The average Bonchev–Trinajstić information content (AvgIpc) is 3.36. The van der Waals surface area contributed by atoms with E-state index in [1.807, 2.05) is 38.2 Å². The van der Waals surface area contributed by atoms with Crippen LogP contribution in [0.2, 0.25) is 0 Å². The van der Waals surface area contributed by atoms with Crippen molar-refractivity contribution in [1.82, 2.24) is 4.98 Å². The molecule has 1 aliphatic rings. The van der Waals surface area contributed by atoms with Crippen molar-refractivity contribution in [2.24, 2.45) is 0 Å². The van der Waals surface area contributed by atoms with Crippen LogP contribution in [0.25, 0.3) is 21.0 Å². The minimum absolute atomic E-state index is 0.0104. The zero-order valence-electron chi connectivity index (χ0n) is 18.1. The molecule has 158 valence electrons. The van der Waals surface area contributed by atoms with Crippen LogP contribution in [0, 0.1) is 18.3 Å². The Morgan fingerprint density at radius 2 is 2.10 bits per heavy atom. The Morgan fingerprint density at radius 3 is 2.81 bits per heavy atom. The van der Waals surface area contributed by atoms with Crippen molar-refractivity contribution in [3.05, 3.63) is 58.8 Å². The molecule has 2 aromatic carbocycles. The maximum absolute atomic E-state index is 11.4. The molecule has 1 aromatic heterocycles. The number of nitriles is 1. The van der Waals surface area contributed by atoms with Gasteiger partial charge in [0.05, 0.1) is 16.5 Å². The van der Waals surface area contributed by atoms with Crippen molar-refractivity contribution >= 4 is 17.3 Å². The highest BCUT2D eigenvalue weighted by molar-refractivity contribution is 7.18. The highest BCUT2D eigenvalue weighted by Gasteiger charge is 2.27. The fourth-order valence-electron chi connectivity index (χ4n) is 4.06. The second kappa shape index (κ2) is 8.52. The Balaban J connectivity index is 1.64. The lowest BCUT2D eigenvalue weighted by molar-refractivity contribution is -0.146. The molecule has 0 saturated heterocycles. The van der Waals surface area contributed by atoms with Gasteiger partial charge in [-0.15, -0.1) is 11.3 Å². The van der Waals surface area contributed by atoms with Crippen molar-refractivity contribution in [2.75, 3.05) is 0 Å². The van der Waals surface area contributed by atoms with Crippen molar-refractivity contribution in [3.8, 4) is 32.8 Å². The van der Waals surface area contributed by atoms with E-state index in [-0.39, 0.29) is 18.2 Å². The monoisotopic (exact) mass is 432 g/mol. The lowest BCUT2D eigenvalue weighted by Crippen LogP contribution is -2.06. The largest absolute Gasteiger partial charge is 0.490 e. The standard InChI is InChI=1S/C25H24N2O3S/c1-14(2)29-22-9-5-17(11-18(22)12-26)24-13-27-25(31-24)20-6-7-21-19(15(20)3)8-10-23(21)30-16(4)28/h5-7,9,11,13-14,23H,8,10H2,1-4H3. The number of carbonyl (C=O) groups is 1. The molecule has 0 amide bonds. The topological polar surface area (TPSA) is 72.2 Å². The van der Waals surface area contributed by atoms with Gasteiger partial charge < -0.3 is 9.47 Å². The van der Waals surface area contributed by atoms with Gasteiger partial charge in [0.2, 0.25) is 0 Å². The number of hydrogen-bond donors (Lipinski definition) is 0. The Hall–Kier alpha value is -3.17. The zero-order valence-corrected chi connectivity index (χ0v) is 18.9. The smallest absolute Gasteiger partial charge is 0.303 e. The molecule has 1 unspecified atom stereocenters. The van der Waals surface area contributed by atoms with E-state index in [1.54, 1.807) is 11.3 Å². The van der Waals surface area contributed by atoms with Gasteiger partial charge in [-0.2, -0.15) is 5.26 Å². The summed E-state index contributed by atoms with van der Waals surface area (Å²) in [4.78, 5) is 17.0. The Morgan fingerprint density at radius 1 is 1.29 bits per heavy atom. The summed E-state index contributed by atoms with van der Waals surface area (Å²) in [5, 5.41) is 10.5. The number of rotatable bonds is 5. The predicted octanol–water partition coefficient (Wildman–Crippen LogP) is 5.99. The van der Waals surface area contributed by atoms with Gasteiger partial charge in [0.15, 0.2) is 0 Å². The maximum Gasteiger partial charge on any atom is 0.303 e. The Kier molecular flexibility index (Phi) is 5.79. The normalized spacial score (nSPS) is 14.9. The molecule has 0 bridgehead atoms. The number of aromatic nitrogens is 1. The molecule has 3 aromatic rings. The number of esters is 1. The number of ether oxygens (including phenoxy) is 2. The molecule has 0 fully saturated rings. The number of benzene rings is 2. The van der Waals surface area contributed by atoms with Crippen LogP contribution in [0.1, 0.15) is 55.5 Å². The van der Waals surface area contributed by atoms with E-state index in [1.165, 1.54) is 18.1 Å². The van der Waals surface area contributed by atoms with Crippen LogP contribution in [0.15, 0.2) is 36.5 Å². The van der Waals surface area contributed by atoms with Gasteiger partial charge in [-0.05, 0) is 74.1 Å². The summed E-state index contributed by atoms with van der Waals surface area (Å²) in [6.07, 6.45) is 3.44. The van der Waals surface area contributed by atoms with Crippen LogP contribution in [-0.4, -0.2) is 17.1 Å². The first-order chi connectivity index (χ1) is 14.9. The minimum Gasteiger partial charge on any atom is -0.490 e. The van der Waals surface area contributed by atoms with Crippen LogP contribution in [0.5, 0.6) is 5.75 Å². The van der Waals surface area contributed by atoms with Crippen LogP contribution in [0.4, 0.5) is 0 Å². The SMILES string of the molecule is CC(=O)OC1CCc2c1ccc(-c1ncc(-c3ccc(OC(C)C)c(C#N)c3)s1)c2C. The molecule has 0 spiro atoms. The summed E-state index contributed by atoms with van der Waals surface area (Å²) in [5.74, 6) is 0.355. The lowest BCUT2D eigenvalue weighted by atomic mass is 9.98. The van der Waals surface area contributed by atoms with Gasteiger partial charge in [-0.1, -0.05) is 12.1 Å². The van der Waals surface area contributed by atoms with Crippen molar-refractivity contribution < 1.29 is 14.3 Å². The highest BCUT2D eigenvalue weighted by atomic mass is 32.1. The minimum atomic E-state index is -0.245. The predicted molar refractivity (Wildman–Crippen MR) is 121 cm³/mol. The summed E-state index contributed by atoms with van der Waals surface area (Å²) in [5.41, 5.74) is 6.11. The van der Waals surface area contributed by atoms with E-state index < -0.39 is 0 Å². The van der Waals surface area contributed by atoms with Crippen molar-refractivity contribution in [3.63, 3.8) is 0 Å². The van der Waals surface area contributed by atoms with Crippen LogP contribution >= 0.6 is 11.3 Å². The first kappa shape index (κ1) is 21.1. The molecule has 1 heterocycles. The average molecular weight is 433 g/mol. The van der Waals surface area contributed by atoms with E-state index in [4.69, 9.17) is 9.47 Å². The second-order valence-electron chi connectivity index (χ2n) is 7.96. The summed E-state index contributed by atoms with van der Waals surface area (Å²) >= 11 is 1.60. The fourth-order valence-corrected chi connectivity index (χ4v) is 5.05. The Bertz CT molecular complexity index is 1190. The molecule has 0 N–H and O–H groups in total. The molecule has 0 radical (unpaired) electrons. The van der Waals surface area contributed by atoms with Gasteiger partial charge >= 0.3 is 5.97 Å². The van der Waals surface area contributed by atoms with E-state index >= 15 is 0 Å². The lowest BCUT2D eigenvalue weighted by Gasteiger charge is -2.14. The summed E-state index contributed by atoms with van der Waals surface area (Å²) in [6.45, 7) is 7.45. The van der Waals surface area contributed by atoms with Crippen molar-refractivity contribution in [2.45, 2.75) is 52.7 Å². The van der Waals surface area contributed by atoms with Gasteiger partial charge in [0.1, 0.15) is 22.9 Å². The van der Waals surface area contributed by atoms with E-state index in [2.05, 4.69) is 30.1 Å². The molecule has 1 aliphatic carbocycles. The van der Waals surface area contributed by atoms with Gasteiger partial charge in [0.25, 0.3) is 0 Å². The first-order valence-electron chi connectivity index (χ1n) is 10.3. The van der Waals surface area contributed by atoms with Gasteiger partial charge in [-0.25, -0.2) is 4.98 Å². The van der Waals surface area contributed by atoms with Crippen molar-refractivity contribution in [1.29, 1.82) is 5.26 Å². The summed E-state index contributed by atoms with van der Waals surface area (Å²) in [7, 11) is 0. The molecular formula is C25H24N2O3S. The van der Waals surface area contributed by atoms with E-state index in [0.717, 1.165) is 39.4 Å². The molecule has 6 heteroatoms. The molecule has 0 aliphatic heterocycles. The first-order valence-corrected chi connectivity index (χ1v) is 11.2.